The van der Waals surface area contributed by atoms with Gasteiger partial charge in [-0.05, 0) is 44.5 Å². The maximum absolute atomic E-state index is 12.8. The lowest BCUT2D eigenvalue weighted by Crippen LogP contribution is -2.55. The molecule has 0 aliphatic carbocycles. The highest BCUT2D eigenvalue weighted by molar-refractivity contribution is 7.89. The van der Waals surface area contributed by atoms with Crippen LogP contribution in [0.4, 0.5) is 5.69 Å². The predicted molar refractivity (Wildman–Crippen MR) is 84.0 cm³/mol. The molecule has 0 aromatic heterocycles. The molecule has 1 saturated heterocycles. The topological polar surface area (TPSA) is 58.6 Å². The fraction of sp³-hybridized carbons (Fsp3) is 0.600. The molecular formula is C15H24N2O3S. The van der Waals surface area contributed by atoms with E-state index < -0.39 is 15.6 Å². The summed E-state index contributed by atoms with van der Waals surface area (Å²) >= 11 is 0. The summed E-state index contributed by atoms with van der Waals surface area (Å²) in [5.74, 6) is 0. The van der Waals surface area contributed by atoms with Crippen LogP contribution in [-0.2, 0) is 14.8 Å². The first-order chi connectivity index (χ1) is 9.88. The number of nitrogens with one attached hydrogen (secondary N) is 1. The molecule has 1 N–H and O–H groups in total. The van der Waals surface area contributed by atoms with Crippen LogP contribution in [0.1, 0.15) is 27.2 Å². The average molecular weight is 312 g/mol. The molecule has 1 aliphatic heterocycles. The first-order valence-electron chi connectivity index (χ1n) is 7.32. The van der Waals surface area contributed by atoms with Gasteiger partial charge in [-0.1, -0.05) is 6.92 Å². The summed E-state index contributed by atoms with van der Waals surface area (Å²) in [5.41, 5.74) is 0.424. The van der Waals surface area contributed by atoms with E-state index in [1.54, 1.807) is 12.1 Å². The van der Waals surface area contributed by atoms with Crippen molar-refractivity contribution in [2.75, 3.05) is 31.6 Å². The largest absolute Gasteiger partial charge is 0.385 e. The van der Waals surface area contributed by atoms with Crippen LogP contribution in [0.5, 0.6) is 0 Å². The third kappa shape index (κ3) is 3.56. The maximum Gasteiger partial charge on any atom is 0.243 e. The van der Waals surface area contributed by atoms with E-state index in [9.17, 15) is 8.42 Å². The maximum atomic E-state index is 12.8. The minimum absolute atomic E-state index is 0.333. The molecule has 1 fully saturated rings. The quantitative estimate of drug-likeness (QED) is 0.906. The van der Waals surface area contributed by atoms with Gasteiger partial charge in [0, 0.05) is 18.8 Å². The molecule has 5 nitrogen and oxygen atoms in total. The number of benzene rings is 1. The minimum atomic E-state index is -3.48. The molecule has 1 aromatic rings. The second kappa shape index (κ2) is 6.34. The number of nitrogens with zero attached hydrogens (tertiary/aromatic N) is 1. The van der Waals surface area contributed by atoms with Crippen molar-refractivity contribution in [1.82, 2.24) is 4.31 Å². The van der Waals surface area contributed by atoms with E-state index in [0.717, 1.165) is 18.7 Å². The fourth-order valence-corrected chi connectivity index (χ4v) is 4.18. The number of hydrogen-bond acceptors (Lipinski definition) is 4. The van der Waals surface area contributed by atoms with Gasteiger partial charge in [-0.3, -0.25) is 0 Å². The lowest BCUT2D eigenvalue weighted by atomic mass is 10.1. The third-order valence-corrected chi connectivity index (χ3v) is 5.72. The van der Waals surface area contributed by atoms with Gasteiger partial charge in [0.05, 0.1) is 23.6 Å². The standard InChI is InChI=1S/C15H24N2O3S/c1-4-9-16-13-5-7-14(8-6-13)21(18,19)17-10-11-20-12-15(17,2)3/h5-8,16H,4,9-12H2,1-3H3. The van der Waals surface area contributed by atoms with Gasteiger partial charge < -0.3 is 10.1 Å². The van der Waals surface area contributed by atoms with E-state index in [4.69, 9.17) is 4.74 Å². The summed E-state index contributed by atoms with van der Waals surface area (Å²) < 4.78 is 32.5. The highest BCUT2D eigenvalue weighted by Gasteiger charge is 2.39. The molecule has 0 unspecified atom stereocenters. The van der Waals surface area contributed by atoms with Crippen molar-refractivity contribution in [2.45, 2.75) is 37.6 Å². The highest BCUT2D eigenvalue weighted by atomic mass is 32.2. The van der Waals surface area contributed by atoms with Crippen molar-refractivity contribution in [1.29, 1.82) is 0 Å². The molecule has 1 aliphatic rings. The Hall–Kier alpha value is -1.11. The van der Waals surface area contributed by atoms with Crippen LogP contribution in [0.2, 0.25) is 0 Å². The normalized spacial score (nSPS) is 19.4. The molecule has 0 spiro atoms. The number of hydrogen-bond donors (Lipinski definition) is 1. The Balaban J connectivity index is 2.22. The molecule has 6 heteroatoms. The first-order valence-corrected chi connectivity index (χ1v) is 8.76. The van der Waals surface area contributed by atoms with E-state index in [-0.39, 0.29) is 0 Å². The number of morpholine rings is 1. The Morgan fingerprint density at radius 2 is 1.95 bits per heavy atom. The molecule has 118 valence electrons. The van der Waals surface area contributed by atoms with Gasteiger partial charge in [-0.15, -0.1) is 0 Å². The zero-order valence-electron chi connectivity index (χ0n) is 12.9. The molecule has 0 saturated carbocycles. The average Bonchev–Trinajstić information content (AvgIpc) is 2.44. The van der Waals surface area contributed by atoms with Crippen LogP contribution in [0.3, 0.4) is 0 Å². The molecule has 21 heavy (non-hydrogen) atoms. The summed E-state index contributed by atoms with van der Waals surface area (Å²) in [6.45, 7) is 8.00. The van der Waals surface area contributed by atoms with Crippen molar-refractivity contribution < 1.29 is 13.2 Å². The van der Waals surface area contributed by atoms with Crippen molar-refractivity contribution in [3.05, 3.63) is 24.3 Å². The Bertz CT molecular complexity index is 567. The zero-order chi connectivity index (χ0) is 15.5. The Kier molecular flexibility index (Phi) is 4.91. The van der Waals surface area contributed by atoms with Crippen LogP contribution in [0.25, 0.3) is 0 Å². The van der Waals surface area contributed by atoms with E-state index in [0.29, 0.717) is 24.7 Å². The number of sulfonamides is 1. The van der Waals surface area contributed by atoms with E-state index in [1.165, 1.54) is 4.31 Å². The summed E-state index contributed by atoms with van der Waals surface area (Å²) in [4.78, 5) is 0.333. The fourth-order valence-electron chi connectivity index (χ4n) is 2.43. The second-order valence-corrected chi connectivity index (χ2v) is 7.76. The van der Waals surface area contributed by atoms with Gasteiger partial charge in [0.15, 0.2) is 0 Å². The Morgan fingerprint density at radius 3 is 2.52 bits per heavy atom. The molecule has 0 atom stereocenters. The van der Waals surface area contributed by atoms with E-state index >= 15 is 0 Å². The summed E-state index contributed by atoms with van der Waals surface area (Å²) in [5, 5.41) is 3.24. The Labute approximate surface area is 127 Å². The van der Waals surface area contributed by atoms with Crippen LogP contribution in [0, 0.1) is 0 Å². The van der Waals surface area contributed by atoms with Crippen LogP contribution in [0.15, 0.2) is 29.2 Å². The van der Waals surface area contributed by atoms with Crippen molar-refractivity contribution in [2.24, 2.45) is 0 Å². The van der Waals surface area contributed by atoms with Crippen LogP contribution < -0.4 is 5.32 Å². The minimum Gasteiger partial charge on any atom is -0.385 e. The lowest BCUT2D eigenvalue weighted by molar-refractivity contribution is -0.00770. The van der Waals surface area contributed by atoms with E-state index in [1.807, 2.05) is 26.0 Å². The van der Waals surface area contributed by atoms with Crippen molar-refractivity contribution in [3.63, 3.8) is 0 Å². The molecule has 1 aromatic carbocycles. The smallest absolute Gasteiger partial charge is 0.243 e. The SMILES string of the molecule is CCCNc1ccc(S(=O)(=O)N2CCOCC2(C)C)cc1. The lowest BCUT2D eigenvalue weighted by Gasteiger charge is -2.40. The van der Waals surface area contributed by atoms with Gasteiger partial charge in [0.25, 0.3) is 0 Å². The summed E-state index contributed by atoms with van der Waals surface area (Å²) in [7, 11) is -3.48. The van der Waals surface area contributed by atoms with Gasteiger partial charge in [0.2, 0.25) is 10.0 Å². The summed E-state index contributed by atoms with van der Waals surface area (Å²) in [6, 6.07) is 6.96. The van der Waals surface area contributed by atoms with Gasteiger partial charge in [-0.25, -0.2) is 8.42 Å². The van der Waals surface area contributed by atoms with E-state index in [2.05, 4.69) is 12.2 Å². The summed E-state index contributed by atoms with van der Waals surface area (Å²) in [6.07, 6.45) is 1.03. The van der Waals surface area contributed by atoms with Crippen molar-refractivity contribution in [3.8, 4) is 0 Å². The van der Waals surface area contributed by atoms with Crippen LogP contribution in [-0.4, -0.2) is 44.6 Å². The first kappa shape index (κ1) is 16.3. The molecule has 2 rings (SSSR count). The monoisotopic (exact) mass is 312 g/mol. The molecular weight excluding hydrogens is 288 g/mol. The highest BCUT2D eigenvalue weighted by Crippen LogP contribution is 2.27. The zero-order valence-corrected chi connectivity index (χ0v) is 13.7. The number of rotatable bonds is 5. The molecule has 0 amide bonds. The Morgan fingerprint density at radius 1 is 1.29 bits per heavy atom. The van der Waals surface area contributed by atoms with Gasteiger partial charge in [0.1, 0.15) is 0 Å². The number of ether oxygens (including phenoxy) is 1. The molecule has 0 bridgehead atoms. The number of anilines is 1. The van der Waals surface area contributed by atoms with Gasteiger partial charge in [-0.2, -0.15) is 4.31 Å². The van der Waals surface area contributed by atoms with Gasteiger partial charge >= 0.3 is 0 Å². The predicted octanol–water partition coefficient (Wildman–Crippen LogP) is 2.31. The van der Waals surface area contributed by atoms with Crippen molar-refractivity contribution >= 4 is 15.7 Å². The molecule has 1 heterocycles. The third-order valence-electron chi connectivity index (χ3n) is 3.59. The molecule has 0 radical (unpaired) electrons. The van der Waals surface area contributed by atoms with Crippen LogP contribution >= 0.6 is 0 Å². The second-order valence-electron chi connectivity index (χ2n) is 5.89.